The van der Waals surface area contributed by atoms with Crippen molar-refractivity contribution < 1.29 is 48.8 Å². The second-order valence-electron chi connectivity index (χ2n) is 20.0. The molecular weight excluding hydrogens is 1130 g/mol. The zero-order chi connectivity index (χ0) is 60.3. The van der Waals surface area contributed by atoms with Gasteiger partial charge in [0.25, 0.3) is 13.0 Å². The number of benzene rings is 10. The average Bonchev–Trinajstić information content (AvgIpc) is 1.41. The van der Waals surface area contributed by atoms with E-state index in [1.807, 2.05) is 85.1 Å². The summed E-state index contributed by atoms with van der Waals surface area (Å²) in [5.74, 6) is 3.14. The van der Waals surface area contributed by atoms with E-state index >= 15 is 0 Å². The molecular formula is C70H49BN4O2Pt-2. The molecule has 3 aromatic heterocycles. The molecule has 0 saturated carbocycles. The Bertz CT molecular complexity index is 4850. The fourth-order valence-electron chi connectivity index (χ4n) is 10.8. The fraction of sp³-hybridized carbons (Fsp3) is 0.0571. The number of nitrogens with zero attached hydrogens (tertiary/aromatic N) is 4. The van der Waals surface area contributed by atoms with E-state index in [-0.39, 0.29) is 61.1 Å². The summed E-state index contributed by atoms with van der Waals surface area (Å²) >= 11 is 0. The van der Waals surface area contributed by atoms with E-state index in [1.54, 1.807) is 33.4 Å². The van der Waals surface area contributed by atoms with Crippen molar-refractivity contribution in [3.8, 4) is 73.6 Å². The van der Waals surface area contributed by atoms with Crippen LogP contribution in [0.1, 0.15) is 40.0 Å². The Kier molecular flexibility index (Phi) is 9.79. The molecule has 10 aromatic carbocycles. The SMILES string of the molecule is [2H]c1c([2H])c([2H])c(-c2cccc(-c3c([2H])c([2H])c([2H])c([2H])c3[2H])c2-[n+]2[c-]n(-c3[c-]c(Oc4[c-]c5c(cc4)c4cc(-c6ccccc6B6c7ccccc7Oc7ccccc76)ccc4n5-c4cc(C(C)(C)C)ccn4)ccc3)c3ccccc32)c([2H])c1[2H].[Pt]. The summed E-state index contributed by atoms with van der Waals surface area (Å²) in [5, 5.41) is 1.93. The van der Waals surface area contributed by atoms with Gasteiger partial charge in [0.15, 0.2) is 0 Å². The number of aromatic nitrogens is 4. The summed E-state index contributed by atoms with van der Waals surface area (Å²) in [5.41, 5.74) is 9.83. The number of fused-ring (bicyclic) bond motifs is 6. The van der Waals surface area contributed by atoms with E-state index < -0.39 is 60.4 Å². The van der Waals surface area contributed by atoms with E-state index in [4.69, 9.17) is 28.2 Å². The van der Waals surface area contributed by atoms with Gasteiger partial charge in [-0.05, 0) is 96.7 Å². The molecule has 0 bridgehead atoms. The summed E-state index contributed by atoms with van der Waals surface area (Å²) in [6.45, 7) is 6.46. The quantitative estimate of drug-likeness (QED) is 0.0822. The average molecular weight is 1190 g/mol. The van der Waals surface area contributed by atoms with Crippen LogP contribution in [-0.4, -0.2) is 20.8 Å². The molecule has 0 aliphatic carbocycles. The topological polar surface area (TPSA) is 45.1 Å². The van der Waals surface area contributed by atoms with Crippen LogP contribution in [0.4, 0.5) is 0 Å². The zero-order valence-corrected chi connectivity index (χ0v) is 44.6. The molecule has 0 saturated heterocycles. The van der Waals surface area contributed by atoms with E-state index in [0.29, 0.717) is 28.2 Å². The van der Waals surface area contributed by atoms with Crippen molar-refractivity contribution in [2.75, 3.05) is 0 Å². The molecule has 13 aromatic rings. The molecule has 0 spiro atoms. The van der Waals surface area contributed by atoms with Crippen LogP contribution in [0.5, 0.6) is 23.0 Å². The first-order valence-corrected chi connectivity index (χ1v) is 25.3. The number of imidazole rings is 1. The number of para-hydroxylation sites is 5. The maximum Gasteiger partial charge on any atom is 0.268 e. The van der Waals surface area contributed by atoms with Crippen LogP contribution in [0.15, 0.2) is 243 Å². The van der Waals surface area contributed by atoms with Crippen LogP contribution in [-0.2, 0) is 26.5 Å². The van der Waals surface area contributed by atoms with Gasteiger partial charge in [0.2, 0.25) is 0 Å². The molecule has 4 heterocycles. The van der Waals surface area contributed by atoms with Gasteiger partial charge >= 0.3 is 0 Å². The zero-order valence-electron chi connectivity index (χ0n) is 52.3. The van der Waals surface area contributed by atoms with Crippen LogP contribution < -0.4 is 30.4 Å². The van der Waals surface area contributed by atoms with Gasteiger partial charge in [-0.2, -0.15) is 18.2 Å². The largest absolute Gasteiger partial charge is 0.510 e. The summed E-state index contributed by atoms with van der Waals surface area (Å²) in [6.07, 6.45) is 5.28. The van der Waals surface area contributed by atoms with Crippen LogP contribution in [0.25, 0.3) is 83.4 Å². The number of hydrogen-bond donors (Lipinski definition) is 0. The number of hydrogen-bond acceptors (Lipinski definition) is 3. The Morgan fingerprint density at radius 1 is 0.564 bits per heavy atom. The smallest absolute Gasteiger partial charge is 0.268 e. The molecule has 6 nitrogen and oxygen atoms in total. The minimum Gasteiger partial charge on any atom is -0.510 e. The molecule has 0 N–H and O–H groups in total. The first-order valence-electron chi connectivity index (χ1n) is 30.3. The van der Waals surface area contributed by atoms with Gasteiger partial charge in [0, 0.05) is 44.3 Å². The predicted octanol–water partition coefficient (Wildman–Crippen LogP) is 14.5. The third kappa shape index (κ3) is 8.52. The van der Waals surface area contributed by atoms with E-state index in [9.17, 15) is 0 Å². The Hall–Kier alpha value is -9.03. The van der Waals surface area contributed by atoms with Gasteiger partial charge in [-0.3, -0.25) is 4.57 Å². The molecule has 0 atom stereocenters. The van der Waals surface area contributed by atoms with Crippen molar-refractivity contribution in [1.29, 1.82) is 0 Å². The van der Waals surface area contributed by atoms with Gasteiger partial charge in [0.05, 0.1) is 30.4 Å². The maximum atomic E-state index is 9.10. The normalized spacial score (nSPS) is 13.8. The third-order valence-corrected chi connectivity index (χ3v) is 14.3. The van der Waals surface area contributed by atoms with Crippen molar-refractivity contribution in [3.05, 3.63) is 267 Å². The molecule has 0 unspecified atom stereocenters. The minimum absolute atomic E-state index is 0. The van der Waals surface area contributed by atoms with Crippen LogP contribution in [0, 0.1) is 18.5 Å². The molecule has 0 fully saturated rings. The monoisotopic (exact) mass is 1190 g/mol. The summed E-state index contributed by atoms with van der Waals surface area (Å²) in [4.78, 5) is 4.98. The second-order valence-corrected chi connectivity index (χ2v) is 20.0. The van der Waals surface area contributed by atoms with Crippen molar-refractivity contribution in [1.82, 2.24) is 14.1 Å². The Balaban J connectivity index is 0.00000714. The van der Waals surface area contributed by atoms with Crippen molar-refractivity contribution in [3.63, 3.8) is 0 Å². The van der Waals surface area contributed by atoms with Gasteiger partial charge in [-0.25, -0.2) is 4.98 Å². The summed E-state index contributed by atoms with van der Waals surface area (Å²) in [7, 11) is 0. The Morgan fingerprint density at radius 2 is 1.19 bits per heavy atom. The molecule has 0 radical (unpaired) electrons. The first kappa shape index (κ1) is 38.5. The maximum absolute atomic E-state index is 9.10. The minimum atomic E-state index is -0.579. The molecule has 8 heteroatoms. The van der Waals surface area contributed by atoms with Gasteiger partial charge in [-0.1, -0.05) is 207 Å². The van der Waals surface area contributed by atoms with Gasteiger partial charge in [-0.15, -0.1) is 29.7 Å². The first-order chi connectivity index (χ1) is 42.0. The molecule has 1 aliphatic heterocycles. The summed E-state index contributed by atoms with van der Waals surface area (Å²) < 4.78 is 106. The fourth-order valence-corrected chi connectivity index (χ4v) is 10.8. The van der Waals surface area contributed by atoms with Crippen LogP contribution in [0.3, 0.4) is 0 Å². The molecule has 376 valence electrons. The van der Waals surface area contributed by atoms with Crippen LogP contribution >= 0.6 is 0 Å². The van der Waals surface area contributed by atoms with E-state index in [1.165, 1.54) is 0 Å². The Labute approximate surface area is 482 Å². The van der Waals surface area contributed by atoms with Crippen molar-refractivity contribution >= 4 is 55.9 Å². The van der Waals surface area contributed by atoms with E-state index in [0.717, 1.165) is 72.2 Å². The van der Waals surface area contributed by atoms with Gasteiger partial charge in [0.1, 0.15) is 17.3 Å². The molecule has 0 amide bonds. The number of pyridine rings is 1. The number of ether oxygens (including phenoxy) is 2. The summed E-state index contributed by atoms with van der Waals surface area (Å²) in [6, 6.07) is 59.0. The van der Waals surface area contributed by atoms with Crippen molar-refractivity contribution in [2.24, 2.45) is 0 Å². The van der Waals surface area contributed by atoms with E-state index in [2.05, 4.69) is 117 Å². The number of rotatable bonds is 9. The Morgan fingerprint density at radius 3 is 1.91 bits per heavy atom. The second kappa shape index (κ2) is 19.8. The van der Waals surface area contributed by atoms with Crippen molar-refractivity contribution in [2.45, 2.75) is 26.2 Å². The predicted molar refractivity (Wildman–Crippen MR) is 313 cm³/mol. The van der Waals surface area contributed by atoms with Crippen LogP contribution in [0.2, 0.25) is 0 Å². The standard InChI is InChI=1S/C70H49BN4O2.Pt/c1-70(2,3)50-40-41-72-68(43-50)75-62-39-36-49(54-26-10-11-29-59(54)71-60-30-12-16-34-66(60)77-67-35-17-13-31-61(67)71)42-58(62)57-38-37-53(45-65(57)75)76-52-25-18-24-51(44-52)73-46-74(64-33-15-14-32-63(64)73)69-55(47-20-6-4-7-21-47)27-19-28-56(69)48-22-8-5-9-23-48;/h4-43H,1-3H3;/q-2;/i4D,5D,6D,7D,8D,9D,20D,21D,22D,23D;. The van der Waals surface area contributed by atoms with Gasteiger partial charge < -0.3 is 18.6 Å². The molecule has 1 aliphatic rings. The molecule has 14 rings (SSSR count). The third-order valence-electron chi connectivity index (χ3n) is 14.3. The molecule has 78 heavy (non-hydrogen) atoms.